The summed E-state index contributed by atoms with van der Waals surface area (Å²) in [5, 5.41) is 57.0. The molecule has 9 nitrogen and oxygen atoms in total. The van der Waals surface area contributed by atoms with Gasteiger partial charge >= 0.3 is 49.0 Å². The number of rotatable bonds is 3. The Labute approximate surface area is 218 Å². The Hall–Kier alpha value is -4.34. The van der Waals surface area contributed by atoms with Crippen LogP contribution in [-0.2, 0) is 20.4 Å². The summed E-state index contributed by atoms with van der Waals surface area (Å²) in [6, 6.07) is 16.9. The Morgan fingerprint density at radius 3 is 1.06 bits per heavy atom. The Bertz CT molecular complexity index is 1120. The van der Waals surface area contributed by atoms with E-state index >= 15 is 0 Å². The molecule has 1 aliphatic rings. The van der Waals surface area contributed by atoms with Gasteiger partial charge in [0.25, 0.3) is 0 Å². The first-order valence-corrected chi connectivity index (χ1v) is 10.9. The molecule has 36 heavy (non-hydrogen) atoms. The van der Waals surface area contributed by atoms with Crippen molar-refractivity contribution in [1.29, 1.82) is 0 Å². The predicted molar refractivity (Wildman–Crippen MR) is 119 cm³/mol. The summed E-state index contributed by atoms with van der Waals surface area (Å²) in [6.07, 6.45) is 7.56. The summed E-state index contributed by atoms with van der Waals surface area (Å²) >= 11 is 2.14. The molecule has 0 heterocycles. The fourth-order valence-corrected chi connectivity index (χ4v) is 2.72. The van der Waals surface area contributed by atoms with Crippen molar-refractivity contribution in [3.8, 4) is 17.2 Å². The summed E-state index contributed by atoms with van der Waals surface area (Å²) in [4.78, 5) is 30.5. The second kappa shape index (κ2) is 15.5. The average Bonchev–Trinajstić information content (AvgIpc) is 3.31. The van der Waals surface area contributed by atoms with Crippen LogP contribution < -0.4 is 15.3 Å². The number of para-hydroxylation sites is 3. The van der Waals surface area contributed by atoms with Crippen molar-refractivity contribution in [3.63, 3.8) is 0 Å². The Morgan fingerprint density at radius 1 is 0.611 bits per heavy atom. The van der Waals surface area contributed by atoms with Crippen LogP contribution in [0.2, 0.25) is 0 Å². The molecule has 0 aromatic heterocycles. The number of hydrogen-bond donors (Lipinski definition) is 3. The second-order valence-corrected chi connectivity index (χ2v) is 7.74. The molecule has 0 radical (unpaired) electrons. The van der Waals surface area contributed by atoms with Crippen molar-refractivity contribution < 1.29 is 65.5 Å². The van der Waals surface area contributed by atoms with E-state index in [-0.39, 0.29) is 33.9 Å². The van der Waals surface area contributed by atoms with E-state index in [2.05, 4.69) is 38.7 Å². The maximum atomic E-state index is 10.2. The summed E-state index contributed by atoms with van der Waals surface area (Å²) in [5.74, 6) is -4.87. The number of carbonyl (C=O) groups is 3. The third-order valence-corrected chi connectivity index (χ3v) is 4.72. The zero-order valence-electron chi connectivity index (χ0n) is 18.7. The first-order valence-electron chi connectivity index (χ1n) is 10.1. The van der Waals surface area contributed by atoms with Crippen molar-refractivity contribution in [3.05, 3.63) is 112 Å². The number of carboxylic acids is 3. The number of carbonyl (C=O) groups excluding carboxylic acids is 3. The van der Waals surface area contributed by atoms with Crippen LogP contribution in [0, 0.1) is 0 Å². The van der Waals surface area contributed by atoms with Crippen molar-refractivity contribution in [2.75, 3.05) is 0 Å². The van der Waals surface area contributed by atoms with Crippen LogP contribution in [0.3, 0.4) is 0 Å². The first-order chi connectivity index (χ1) is 17.0. The van der Waals surface area contributed by atoms with Gasteiger partial charge in [-0.25, -0.2) is 0 Å². The van der Waals surface area contributed by atoms with Gasteiger partial charge in [-0.05, 0) is 36.4 Å². The van der Waals surface area contributed by atoms with Gasteiger partial charge in [-0.3, -0.25) is 0 Å². The number of benzene rings is 3. The molecular formula is C26H20O9Ti. The van der Waals surface area contributed by atoms with Gasteiger partial charge in [-0.1, -0.05) is 36.4 Å². The normalized spacial score (nSPS) is 10.8. The van der Waals surface area contributed by atoms with Gasteiger partial charge in [-0.15, -0.1) is 0 Å². The van der Waals surface area contributed by atoms with E-state index < -0.39 is 17.9 Å². The number of hydrogen-bond acceptors (Lipinski definition) is 9. The molecule has 0 bridgehead atoms. The van der Waals surface area contributed by atoms with Crippen LogP contribution in [-0.4, -0.2) is 33.2 Å². The molecule has 3 aromatic rings. The summed E-state index contributed by atoms with van der Waals surface area (Å²) < 4.78 is 1.47. The Morgan fingerprint density at radius 2 is 0.917 bits per heavy atom. The zero-order chi connectivity index (χ0) is 27.1. The molecule has 0 amide bonds. The maximum absolute atomic E-state index is 10.2. The zero-order valence-corrected chi connectivity index (χ0v) is 20.2. The van der Waals surface area contributed by atoms with E-state index in [1.54, 1.807) is 18.2 Å². The number of aromatic carboxylic acids is 3. The summed E-state index contributed by atoms with van der Waals surface area (Å²) in [5.41, 5.74) is -0.535. The van der Waals surface area contributed by atoms with Gasteiger partial charge in [0.1, 0.15) is 17.2 Å². The molecule has 1 aliphatic carbocycles. The number of phenols is 3. The van der Waals surface area contributed by atoms with Gasteiger partial charge in [0.15, 0.2) is 0 Å². The number of carboxylic acid groups (broad SMARTS) is 3. The van der Waals surface area contributed by atoms with Crippen LogP contribution in [0.25, 0.3) is 0 Å². The number of allylic oxidation sites excluding steroid dienone is 4. The van der Waals surface area contributed by atoms with Crippen LogP contribution in [0.1, 0.15) is 37.5 Å². The minimum absolute atomic E-state index is 0.178. The molecule has 10 heteroatoms. The van der Waals surface area contributed by atoms with E-state index in [1.807, 2.05) is 0 Å². The van der Waals surface area contributed by atoms with E-state index in [0.717, 1.165) is 0 Å². The van der Waals surface area contributed by atoms with Gasteiger partial charge in [0, 0.05) is 16.7 Å². The third-order valence-electron chi connectivity index (χ3n) is 4.14. The molecule has 4 rings (SSSR count). The summed E-state index contributed by atoms with van der Waals surface area (Å²) in [6.45, 7) is 0. The quantitative estimate of drug-likeness (QED) is 0.414. The van der Waals surface area contributed by atoms with E-state index in [4.69, 9.17) is 15.3 Å². The molecule has 0 atom stereocenters. The molecule has 0 saturated carbocycles. The van der Waals surface area contributed by atoms with E-state index in [0.29, 0.717) is 0 Å². The fraction of sp³-hybridized carbons (Fsp3) is 0.0385. The molecule has 0 unspecified atom stereocenters. The Balaban J connectivity index is 0.000000244. The predicted octanol–water partition coefficient (Wildman–Crippen LogP) is 0.644. The topological polar surface area (TPSA) is 181 Å². The molecular weight excluding hydrogens is 504 g/mol. The standard InChI is InChI=1S/3C7H6O3.C5H5.Ti/c3*8-6-4-2-1-3-5(6)7(9)10;1-2-4-5-3-1;/h3*1-4,8H,(H,9,10);1-3H,4H2;/q;;;;+3/p-3. The fourth-order valence-electron chi connectivity index (χ4n) is 2.39. The Kier molecular flexibility index (Phi) is 12.8. The van der Waals surface area contributed by atoms with Crippen LogP contribution in [0.4, 0.5) is 0 Å². The van der Waals surface area contributed by atoms with E-state index in [9.17, 15) is 29.7 Å². The monoisotopic (exact) mass is 524 g/mol. The molecule has 0 fully saturated rings. The van der Waals surface area contributed by atoms with Crippen LogP contribution >= 0.6 is 0 Å². The van der Waals surface area contributed by atoms with Crippen molar-refractivity contribution >= 4 is 17.9 Å². The van der Waals surface area contributed by atoms with Crippen LogP contribution in [0.5, 0.6) is 17.2 Å². The van der Waals surface area contributed by atoms with Gasteiger partial charge in [0.05, 0.1) is 17.9 Å². The molecule has 182 valence electrons. The molecule has 3 N–H and O–H groups in total. The van der Waals surface area contributed by atoms with E-state index in [1.165, 1.54) is 64.9 Å². The van der Waals surface area contributed by atoms with Crippen molar-refractivity contribution in [1.82, 2.24) is 0 Å². The molecule has 3 aromatic carbocycles. The molecule has 0 saturated heterocycles. The van der Waals surface area contributed by atoms with Crippen molar-refractivity contribution in [2.45, 2.75) is 6.42 Å². The second-order valence-electron chi connectivity index (χ2n) is 6.74. The minimum atomic E-state index is -1.36. The third kappa shape index (κ3) is 10.7. The van der Waals surface area contributed by atoms with Gasteiger partial charge in [-0.2, -0.15) is 0 Å². The SMILES string of the molecule is O=C([O-])c1ccccc1O.O=C([O-])c1ccccc1O.O=C([O-])c1ccccc1O.[Ti+3][C]1=CC=CC1. The first kappa shape index (κ1) is 29.7. The average molecular weight is 524 g/mol. The van der Waals surface area contributed by atoms with Gasteiger partial charge < -0.3 is 45.0 Å². The van der Waals surface area contributed by atoms with Gasteiger partial charge in [0.2, 0.25) is 0 Å². The molecule has 0 spiro atoms. The number of aromatic hydroxyl groups is 3. The summed E-state index contributed by atoms with van der Waals surface area (Å²) in [7, 11) is 0. The van der Waals surface area contributed by atoms with Crippen LogP contribution in [0.15, 0.2) is 94.9 Å². The molecule has 0 aliphatic heterocycles. The van der Waals surface area contributed by atoms with Crippen molar-refractivity contribution in [2.24, 2.45) is 0 Å².